The van der Waals surface area contributed by atoms with Crippen molar-refractivity contribution in [1.82, 2.24) is 36.4 Å². The molecule has 1 aliphatic heterocycles. The van der Waals surface area contributed by atoms with Gasteiger partial charge in [0.25, 0.3) is 0 Å². The van der Waals surface area contributed by atoms with Gasteiger partial charge in [-0.3, -0.25) is 33.8 Å². The van der Waals surface area contributed by atoms with Gasteiger partial charge < -0.3 is 58.7 Å². The van der Waals surface area contributed by atoms with E-state index in [1.54, 1.807) is 44.2 Å². The van der Waals surface area contributed by atoms with Gasteiger partial charge in [-0.1, -0.05) is 80.9 Å². The van der Waals surface area contributed by atoms with Gasteiger partial charge in [-0.2, -0.15) is 0 Å². The van der Waals surface area contributed by atoms with Gasteiger partial charge in [-0.15, -0.1) is 0 Å². The van der Waals surface area contributed by atoms with Crippen LogP contribution >= 0.6 is 0 Å². The molecule has 2 aromatic carbocycles. The number of aliphatic carboxylic acids is 1. The van der Waals surface area contributed by atoms with Crippen molar-refractivity contribution in [2.45, 2.75) is 121 Å². The number of guanidine groups is 1. The van der Waals surface area contributed by atoms with E-state index < -0.39 is 96.0 Å². The van der Waals surface area contributed by atoms with Crippen molar-refractivity contribution < 1.29 is 43.5 Å². The Morgan fingerprint density at radius 1 is 0.862 bits per heavy atom. The zero-order valence-electron chi connectivity index (χ0n) is 37.8. The summed E-state index contributed by atoms with van der Waals surface area (Å²) in [6, 6.07) is 9.55. The highest BCUT2D eigenvalue weighted by atomic mass is 16.4. The maximum Gasteiger partial charge on any atom is 0.326 e. The summed E-state index contributed by atoms with van der Waals surface area (Å²) in [6.45, 7) is 5.47. The maximum absolute atomic E-state index is 14.9. The SMILES string of the molecule is CC[C@H](C)[C@H]1NC(=O)[C@@H](NC(=O)N[C@H](CCCN=C(N)N)C(=O)O)CCCCNC(=O)[C@H](Cc2ccccc2)NC(=O)[C@H](CC(N)=O)N(C)C(=O)[C@@H](CCc2ccccc2)N(CC)C1=O. The number of nitrogens with two attached hydrogens (primary N) is 3. The Labute approximate surface area is 380 Å². The quantitative estimate of drug-likeness (QED) is 0.0590. The van der Waals surface area contributed by atoms with Gasteiger partial charge in [-0.05, 0) is 68.9 Å². The number of nitrogens with zero attached hydrogens (tertiary/aromatic N) is 3. The van der Waals surface area contributed by atoms with Gasteiger partial charge in [-0.25, -0.2) is 9.59 Å². The van der Waals surface area contributed by atoms with Crippen LogP contribution in [0.4, 0.5) is 4.79 Å². The number of carbonyl (C=O) groups excluding carboxylic acids is 7. The Kier molecular flexibility index (Phi) is 21.7. The molecule has 356 valence electrons. The van der Waals surface area contributed by atoms with Crippen molar-refractivity contribution in [2.75, 3.05) is 26.7 Å². The largest absolute Gasteiger partial charge is 0.480 e. The lowest BCUT2D eigenvalue weighted by Gasteiger charge is -2.38. The molecule has 12 N–H and O–H groups in total. The van der Waals surface area contributed by atoms with E-state index in [1.165, 1.54) is 11.9 Å². The summed E-state index contributed by atoms with van der Waals surface area (Å²) in [5, 5.41) is 23.2. The second kappa shape index (κ2) is 26.8. The molecule has 0 bridgehead atoms. The number of likely N-dealkylation sites (N-methyl/N-ethyl adjacent to an activating group) is 2. The Balaban J connectivity index is 2.11. The number of carbonyl (C=O) groups is 8. The lowest BCUT2D eigenvalue weighted by atomic mass is 9.95. The molecule has 3 rings (SSSR count). The minimum atomic E-state index is -1.47. The first-order valence-electron chi connectivity index (χ1n) is 22.1. The molecule has 0 saturated carbocycles. The lowest BCUT2D eigenvalue weighted by molar-refractivity contribution is -0.151. The fourth-order valence-electron chi connectivity index (χ4n) is 7.51. The van der Waals surface area contributed by atoms with Gasteiger partial charge in [0.05, 0.1) is 6.42 Å². The third kappa shape index (κ3) is 17.1. The summed E-state index contributed by atoms with van der Waals surface area (Å²) in [5.41, 5.74) is 18.0. The highest BCUT2D eigenvalue weighted by Gasteiger charge is 2.41. The van der Waals surface area contributed by atoms with E-state index >= 15 is 0 Å². The molecule has 1 saturated heterocycles. The number of aryl methyl sites for hydroxylation is 1. The van der Waals surface area contributed by atoms with Gasteiger partial charge in [0.1, 0.15) is 36.3 Å². The zero-order valence-corrected chi connectivity index (χ0v) is 37.8. The van der Waals surface area contributed by atoms with Crippen LogP contribution in [0.15, 0.2) is 65.7 Å². The maximum atomic E-state index is 14.9. The topological polar surface area (TPSA) is 314 Å². The minimum Gasteiger partial charge on any atom is -0.480 e. The summed E-state index contributed by atoms with van der Waals surface area (Å²) in [7, 11) is 1.34. The smallest absolute Gasteiger partial charge is 0.326 e. The summed E-state index contributed by atoms with van der Waals surface area (Å²) in [6.07, 6.45) is 1.07. The number of hydrogen-bond acceptors (Lipinski definition) is 9. The molecule has 7 atom stereocenters. The standard InChI is InChI=1S/C45H67N11O9/c1-5-28(3)37-42(62)56(6-2)34(23-22-29-16-9-7-10-17-29)41(61)55(4)35(27-36(46)57)40(60)51-33(26-30-18-11-8-12-19-30)38(58)49-24-14-13-20-31(39(59)54-37)52-45(65)53-32(43(63)64)21-15-25-50-44(47)48/h7-12,16-19,28,31-35,37H,5-6,13-15,20-27H2,1-4H3,(H2,46,57)(H,49,58)(H,51,60)(H,54,59)(H,63,64)(H4,47,48,50)(H2,52,53,65)/t28-,31-,32+,33-,34+,35-,37+/m0/s1. The van der Waals surface area contributed by atoms with Crippen molar-refractivity contribution in [1.29, 1.82) is 0 Å². The zero-order chi connectivity index (χ0) is 48.1. The van der Waals surface area contributed by atoms with Crippen molar-refractivity contribution in [3.05, 3.63) is 71.8 Å². The number of urea groups is 1. The summed E-state index contributed by atoms with van der Waals surface area (Å²) in [4.78, 5) is 116. The highest BCUT2D eigenvalue weighted by Crippen LogP contribution is 2.20. The highest BCUT2D eigenvalue weighted by molar-refractivity contribution is 5.98. The summed E-state index contributed by atoms with van der Waals surface area (Å²) < 4.78 is 0. The van der Waals surface area contributed by atoms with Crippen LogP contribution in [0.1, 0.15) is 83.3 Å². The van der Waals surface area contributed by atoms with E-state index in [4.69, 9.17) is 17.2 Å². The Bertz CT molecular complexity index is 1950. The van der Waals surface area contributed by atoms with Crippen LogP contribution < -0.4 is 43.8 Å². The molecule has 1 heterocycles. The predicted octanol–water partition coefficient (Wildman–Crippen LogP) is 0.272. The van der Waals surface area contributed by atoms with Crippen LogP contribution in [0.2, 0.25) is 0 Å². The molecule has 20 nitrogen and oxygen atoms in total. The first kappa shape index (κ1) is 52.6. The normalized spacial score (nSPS) is 21.5. The van der Waals surface area contributed by atoms with E-state index in [0.29, 0.717) is 24.8 Å². The van der Waals surface area contributed by atoms with Crippen LogP contribution in [0.5, 0.6) is 0 Å². The summed E-state index contributed by atoms with van der Waals surface area (Å²) in [5.74, 6) is -6.24. The number of nitrogens with one attached hydrogen (secondary N) is 5. The minimum absolute atomic E-state index is 0.00345. The molecule has 2 aromatic rings. The number of hydrogen-bond donors (Lipinski definition) is 9. The molecule has 0 radical (unpaired) electrons. The average Bonchev–Trinajstić information content (AvgIpc) is 3.28. The van der Waals surface area contributed by atoms with Crippen LogP contribution in [0.3, 0.4) is 0 Å². The molecule has 65 heavy (non-hydrogen) atoms. The number of primary amides is 1. The first-order chi connectivity index (χ1) is 31.0. The monoisotopic (exact) mass is 906 g/mol. The summed E-state index contributed by atoms with van der Waals surface area (Å²) >= 11 is 0. The molecule has 0 spiro atoms. The van der Waals surface area contributed by atoms with E-state index in [2.05, 4.69) is 31.6 Å². The lowest BCUT2D eigenvalue weighted by Crippen LogP contribution is -2.62. The van der Waals surface area contributed by atoms with Gasteiger partial charge in [0.2, 0.25) is 35.4 Å². The van der Waals surface area contributed by atoms with Crippen molar-refractivity contribution >= 4 is 53.4 Å². The molecule has 0 unspecified atom stereocenters. The van der Waals surface area contributed by atoms with Crippen molar-refractivity contribution in [3.8, 4) is 0 Å². The van der Waals surface area contributed by atoms with Gasteiger partial charge in [0.15, 0.2) is 5.96 Å². The van der Waals surface area contributed by atoms with E-state index in [9.17, 15) is 43.5 Å². The molecule has 0 aliphatic carbocycles. The second-order valence-electron chi connectivity index (χ2n) is 16.2. The van der Waals surface area contributed by atoms with Gasteiger partial charge >= 0.3 is 12.0 Å². The van der Waals surface area contributed by atoms with Crippen LogP contribution in [-0.4, -0.2) is 131 Å². The molecule has 0 aromatic heterocycles. The fourth-order valence-corrected chi connectivity index (χ4v) is 7.51. The van der Waals surface area contributed by atoms with E-state index in [1.807, 2.05) is 37.3 Å². The number of carboxylic acid groups (broad SMARTS) is 1. The van der Waals surface area contributed by atoms with E-state index in [0.717, 1.165) is 10.5 Å². The molecule has 8 amide bonds. The van der Waals surface area contributed by atoms with Crippen LogP contribution in [-0.2, 0) is 46.4 Å². The molecular weight excluding hydrogens is 839 g/mol. The van der Waals surface area contributed by atoms with Gasteiger partial charge in [0, 0.05) is 33.1 Å². The van der Waals surface area contributed by atoms with Crippen LogP contribution in [0.25, 0.3) is 0 Å². The second-order valence-corrected chi connectivity index (χ2v) is 16.2. The molecule has 20 heteroatoms. The molecule has 1 aliphatic rings. The Hall–Kier alpha value is -6.73. The average molecular weight is 906 g/mol. The fraction of sp³-hybridized carbons (Fsp3) is 0.533. The number of carboxylic acids is 1. The van der Waals surface area contributed by atoms with Crippen molar-refractivity contribution in [3.63, 3.8) is 0 Å². The van der Waals surface area contributed by atoms with Crippen molar-refractivity contribution in [2.24, 2.45) is 28.1 Å². The predicted molar refractivity (Wildman–Crippen MR) is 243 cm³/mol. The third-order valence-corrected chi connectivity index (χ3v) is 11.4. The number of rotatable bonds is 17. The molecular formula is C45H67N11O9. The Morgan fingerprint density at radius 3 is 2.09 bits per heavy atom. The number of aliphatic imine (C=N–C) groups is 1. The molecule has 1 fully saturated rings. The third-order valence-electron chi connectivity index (χ3n) is 11.4. The number of amides is 8. The van der Waals surface area contributed by atoms with E-state index in [-0.39, 0.29) is 64.1 Å². The number of benzene rings is 2. The Morgan fingerprint density at radius 2 is 1.51 bits per heavy atom. The first-order valence-corrected chi connectivity index (χ1v) is 22.1. The van der Waals surface area contributed by atoms with Crippen LogP contribution in [0, 0.1) is 5.92 Å².